The maximum atomic E-state index is 13.1. The van der Waals surface area contributed by atoms with Gasteiger partial charge in [0.05, 0.1) is 18.8 Å². The van der Waals surface area contributed by atoms with Crippen LogP contribution in [0.1, 0.15) is 41.9 Å². The molecule has 24 heavy (non-hydrogen) atoms. The lowest BCUT2D eigenvalue weighted by Gasteiger charge is -2.43. The van der Waals surface area contributed by atoms with E-state index in [9.17, 15) is 4.79 Å². The molecule has 1 saturated heterocycles. The Hall–Kier alpha value is -2.14. The number of aromatic nitrogens is 1. The van der Waals surface area contributed by atoms with Crippen molar-refractivity contribution in [3.05, 3.63) is 41.8 Å². The van der Waals surface area contributed by atoms with Gasteiger partial charge in [-0.3, -0.25) is 4.79 Å². The summed E-state index contributed by atoms with van der Waals surface area (Å²) >= 11 is 0. The van der Waals surface area contributed by atoms with Crippen molar-refractivity contribution in [2.75, 3.05) is 13.2 Å². The van der Waals surface area contributed by atoms with Gasteiger partial charge in [0.25, 0.3) is 5.91 Å². The number of fused-ring (bicyclic) bond motifs is 1. The predicted molar refractivity (Wildman–Crippen MR) is 89.7 cm³/mol. The molecule has 1 aliphatic heterocycles. The summed E-state index contributed by atoms with van der Waals surface area (Å²) in [6, 6.07) is 9.87. The number of morpholine rings is 1. The summed E-state index contributed by atoms with van der Waals surface area (Å²) in [4.78, 5) is 19.5. The van der Waals surface area contributed by atoms with Gasteiger partial charge >= 0.3 is 0 Å². The van der Waals surface area contributed by atoms with Crippen molar-refractivity contribution < 1.29 is 13.9 Å². The number of oxazole rings is 1. The van der Waals surface area contributed by atoms with E-state index in [1.165, 1.54) is 6.42 Å². The molecular formula is C19H22N2O3. The van der Waals surface area contributed by atoms with E-state index in [2.05, 4.69) is 4.98 Å². The highest BCUT2D eigenvalue weighted by Gasteiger charge is 2.38. The number of benzene rings is 1. The smallest absolute Gasteiger partial charge is 0.276 e. The van der Waals surface area contributed by atoms with Crippen LogP contribution in [-0.4, -0.2) is 41.1 Å². The number of aryl methyl sites for hydroxylation is 1. The van der Waals surface area contributed by atoms with E-state index in [0.29, 0.717) is 30.5 Å². The van der Waals surface area contributed by atoms with Crippen LogP contribution < -0.4 is 0 Å². The SMILES string of the molecule is Cc1oc(-c2ccccc2)nc1C(=O)N1CCO[C@H]2CCCC[C@H]21. The Morgan fingerprint density at radius 2 is 2.00 bits per heavy atom. The summed E-state index contributed by atoms with van der Waals surface area (Å²) in [5, 5.41) is 0. The van der Waals surface area contributed by atoms with Crippen LogP contribution in [0.25, 0.3) is 11.5 Å². The molecule has 2 heterocycles. The van der Waals surface area contributed by atoms with Crippen LogP contribution in [0.2, 0.25) is 0 Å². The molecule has 2 aliphatic rings. The second-order valence-corrected chi connectivity index (χ2v) is 6.55. The first kappa shape index (κ1) is 15.4. The lowest BCUT2D eigenvalue weighted by atomic mass is 9.90. The fourth-order valence-corrected chi connectivity index (χ4v) is 3.78. The molecule has 0 bridgehead atoms. The van der Waals surface area contributed by atoms with Crippen LogP contribution in [0.15, 0.2) is 34.7 Å². The average molecular weight is 326 g/mol. The number of hydrogen-bond donors (Lipinski definition) is 0. The summed E-state index contributed by atoms with van der Waals surface area (Å²) < 4.78 is 11.6. The van der Waals surface area contributed by atoms with Gasteiger partial charge < -0.3 is 14.1 Å². The number of ether oxygens (including phenoxy) is 1. The van der Waals surface area contributed by atoms with Crippen molar-refractivity contribution in [1.82, 2.24) is 9.88 Å². The third-order valence-electron chi connectivity index (χ3n) is 5.01. The number of hydrogen-bond acceptors (Lipinski definition) is 4. The highest BCUT2D eigenvalue weighted by atomic mass is 16.5. The largest absolute Gasteiger partial charge is 0.441 e. The van der Waals surface area contributed by atoms with E-state index in [0.717, 1.165) is 24.8 Å². The molecule has 4 rings (SSSR count). The number of carbonyl (C=O) groups excluding carboxylic acids is 1. The second kappa shape index (κ2) is 6.40. The van der Waals surface area contributed by atoms with Gasteiger partial charge in [-0.25, -0.2) is 4.98 Å². The Balaban J connectivity index is 1.61. The predicted octanol–water partition coefficient (Wildman–Crippen LogP) is 3.43. The standard InChI is InChI=1S/C19H22N2O3/c1-13-17(20-18(24-13)14-7-3-2-4-8-14)19(22)21-11-12-23-16-10-6-5-9-15(16)21/h2-4,7-8,15-16H,5-6,9-12H2,1H3/t15-,16+/m1/s1. The molecule has 1 aliphatic carbocycles. The summed E-state index contributed by atoms with van der Waals surface area (Å²) in [6.45, 7) is 3.05. The van der Waals surface area contributed by atoms with Crippen molar-refractivity contribution in [1.29, 1.82) is 0 Å². The fourth-order valence-electron chi connectivity index (χ4n) is 3.78. The Kier molecular flexibility index (Phi) is 4.10. The zero-order valence-electron chi connectivity index (χ0n) is 13.9. The molecule has 1 aromatic carbocycles. The zero-order valence-corrected chi connectivity index (χ0v) is 13.9. The molecule has 2 atom stereocenters. The maximum absolute atomic E-state index is 13.1. The Morgan fingerprint density at radius 3 is 2.83 bits per heavy atom. The topological polar surface area (TPSA) is 55.6 Å². The highest BCUT2D eigenvalue weighted by molar-refractivity contribution is 5.94. The van der Waals surface area contributed by atoms with Crippen molar-refractivity contribution in [3.8, 4) is 11.5 Å². The molecule has 2 aromatic rings. The molecule has 0 spiro atoms. The summed E-state index contributed by atoms with van der Waals surface area (Å²) in [5.41, 5.74) is 1.32. The number of carbonyl (C=O) groups is 1. The minimum absolute atomic E-state index is 0.0290. The molecular weight excluding hydrogens is 304 g/mol. The van der Waals surface area contributed by atoms with Gasteiger partial charge in [-0.2, -0.15) is 0 Å². The maximum Gasteiger partial charge on any atom is 0.276 e. The van der Waals surface area contributed by atoms with Crippen molar-refractivity contribution >= 4 is 5.91 Å². The molecule has 1 saturated carbocycles. The molecule has 1 aromatic heterocycles. The first-order valence-electron chi connectivity index (χ1n) is 8.69. The van der Waals surface area contributed by atoms with Crippen LogP contribution in [0.3, 0.4) is 0 Å². The van der Waals surface area contributed by atoms with Gasteiger partial charge in [0.1, 0.15) is 5.76 Å². The van der Waals surface area contributed by atoms with E-state index < -0.39 is 0 Å². The first-order valence-corrected chi connectivity index (χ1v) is 8.69. The summed E-state index contributed by atoms with van der Waals surface area (Å²) in [6.07, 6.45) is 4.57. The third-order valence-corrected chi connectivity index (χ3v) is 5.01. The van der Waals surface area contributed by atoms with E-state index >= 15 is 0 Å². The minimum Gasteiger partial charge on any atom is -0.441 e. The number of nitrogens with zero attached hydrogens (tertiary/aromatic N) is 2. The van der Waals surface area contributed by atoms with Crippen molar-refractivity contribution in [2.24, 2.45) is 0 Å². The highest BCUT2D eigenvalue weighted by Crippen LogP contribution is 2.30. The van der Waals surface area contributed by atoms with Gasteiger partial charge in [-0.15, -0.1) is 0 Å². The van der Waals surface area contributed by atoms with Crippen LogP contribution in [0.5, 0.6) is 0 Å². The van der Waals surface area contributed by atoms with Gasteiger partial charge in [0.15, 0.2) is 5.69 Å². The molecule has 5 heteroatoms. The van der Waals surface area contributed by atoms with E-state index in [-0.39, 0.29) is 18.1 Å². The van der Waals surface area contributed by atoms with Crippen LogP contribution >= 0.6 is 0 Å². The monoisotopic (exact) mass is 326 g/mol. The Morgan fingerprint density at radius 1 is 1.21 bits per heavy atom. The third kappa shape index (κ3) is 2.73. The molecule has 1 amide bonds. The lowest BCUT2D eigenvalue weighted by Crippen LogP contribution is -2.55. The van der Waals surface area contributed by atoms with Gasteiger partial charge in [-0.1, -0.05) is 31.0 Å². The molecule has 0 N–H and O–H groups in total. The quantitative estimate of drug-likeness (QED) is 0.848. The number of rotatable bonds is 2. The van der Waals surface area contributed by atoms with Crippen LogP contribution in [-0.2, 0) is 4.74 Å². The van der Waals surface area contributed by atoms with Crippen molar-refractivity contribution in [3.63, 3.8) is 0 Å². The Labute approximate surface area is 141 Å². The molecule has 5 nitrogen and oxygen atoms in total. The first-order chi connectivity index (χ1) is 11.7. The van der Waals surface area contributed by atoms with Crippen LogP contribution in [0.4, 0.5) is 0 Å². The van der Waals surface area contributed by atoms with E-state index in [4.69, 9.17) is 9.15 Å². The van der Waals surface area contributed by atoms with Crippen LogP contribution in [0, 0.1) is 6.92 Å². The molecule has 0 unspecified atom stereocenters. The number of amides is 1. The minimum atomic E-state index is -0.0290. The fraction of sp³-hybridized carbons (Fsp3) is 0.474. The second-order valence-electron chi connectivity index (χ2n) is 6.55. The van der Waals surface area contributed by atoms with E-state index in [1.807, 2.05) is 42.2 Å². The zero-order chi connectivity index (χ0) is 16.5. The van der Waals surface area contributed by atoms with Crippen molar-refractivity contribution in [2.45, 2.75) is 44.8 Å². The normalized spacial score (nSPS) is 23.8. The van der Waals surface area contributed by atoms with Gasteiger partial charge in [0, 0.05) is 12.1 Å². The summed E-state index contributed by atoms with van der Waals surface area (Å²) in [5.74, 6) is 1.06. The molecule has 0 radical (unpaired) electrons. The van der Waals surface area contributed by atoms with E-state index in [1.54, 1.807) is 0 Å². The average Bonchev–Trinajstić information content (AvgIpc) is 3.03. The summed E-state index contributed by atoms with van der Waals surface area (Å²) in [7, 11) is 0. The molecule has 2 fully saturated rings. The van der Waals surface area contributed by atoms with Gasteiger partial charge in [0.2, 0.25) is 5.89 Å². The Bertz CT molecular complexity index is 723. The molecule has 126 valence electrons. The lowest BCUT2D eigenvalue weighted by molar-refractivity contribution is -0.0754. The van der Waals surface area contributed by atoms with Gasteiger partial charge in [-0.05, 0) is 31.9 Å².